The first-order chi connectivity index (χ1) is 31.4. The molecular formula is C48H52N6O10S. The molecule has 3 N–H and O–H groups in total. The lowest BCUT2D eigenvalue weighted by molar-refractivity contribution is -0.141. The molecule has 5 aromatic rings. The Labute approximate surface area is 375 Å². The van der Waals surface area contributed by atoms with E-state index in [1.54, 1.807) is 6.26 Å². The third kappa shape index (κ3) is 8.82. The van der Waals surface area contributed by atoms with Crippen LogP contribution in [0.15, 0.2) is 81.8 Å². The number of ether oxygens (including phenoxy) is 2. The molecule has 3 aliphatic carbocycles. The Balaban J connectivity index is 0.991. The molecule has 3 aromatic heterocycles. The first-order valence-electron chi connectivity index (χ1n) is 22.8. The molecule has 340 valence electrons. The molecule has 4 amide bonds. The van der Waals surface area contributed by atoms with E-state index in [2.05, 4.69) is 15.4 Å². The zero-order valence-corrected chi connectivity index (χ0v) is 36.9. The van der Waals surface area contributed by atoms with Gasteiger partial charge in [-0.2, -0.15) is 4.98 Å². The van der Waals surface area contributed by atoms with Crippen LogP contribution in [0.25, 0.3) is 44.8 Å². The van der Waals surface area contributed by atoms with Crippen LogP contribution in [0.4, 0.5) is 4.79 Å². The summed E-state index contributed by atoms with van der Waals surface area (Å²) >= 11 is 0. The number of nitrogens with one attached hydrogen (secondary N) is 3. The van der Waals surface area contributed by atoms with Crippen molar-refractivity contribution in [3.05, 3.63) is 78.6 Å². The number of alkyl carbamates (subject to hydrolysis) is 1. The highest BCUT2D eigenvalue weighted by Crippen LogP contribution is 2.46. The molecule has 5 heterocycles. The maximum Gasteiger partial charge on any atom is 0.408 e. The van der Waals surface area contributed by atoms with Crippen LogP contribution in [-0.4, -0.2) is 88.7 Å². The quantitative estimate of drug-likeness (QED) is 0.128. The molecular weight excluding hydrogens is 853 g/mol. The molecule has 0 spiro atoms. The predicted molar refractivity (Wildman–Crippen MR) is 239 cm³/mol. The Morgan fingerprint density at radius 1 is 0.923 bits per heavy atom. The Hall–Kier alpha value is -6.23. The van der Waals surface area contributed by atoms with Crippen molar-refractivity contribution in [2.75, 3.05) is 6.54 Å². The molecule has 0 radical (unpaired) electrons. The fourth-order valence-electron chi connectivity index (χ4n) is 9.51. The molecule has 65 heavy (non-hydrogen) atoms. The van der Waals surface area contributed by atoms with E-state index in [0.29, 0.717) is 60.4 Å². The van der Waals surface area contributed by atoms with Crippen LogP contribution in [0, 0.1) is 12.8 Å². The lowest BCUT2D eigenvalue weighted by atomic mass is 10.0. The van der Waals surface area contributed by atoms with E-state index in [9.17, 15) is 27.6 Å². The van der Waals surface area contributed by atoms with Crippen molar-refractivity contribution in [1.82, 2.24) is 30.2 Å². The average molecular weight is 905 g/mol. The molecule has 16 nitrogen and oxygen atoms in total. The Morgan fingerprint density at radius 3 is 2.48 bits per heavy atom. The zero-order chi connectivity index (χ0) is 44.9. The molecule has 0 unspecified atom stereocenters. The van der Waals surface area contributed by atoms with Crippen LogP contribution < -0.4 is 20.1 Å². The SMILES string of the molecule is Cc1ccc2oc3c(O[C@@H]4C[C@H]5C(=O)N[C@]6(C(=O)NS(=O)(=O)C7CC7)C[C@H]6/C=C\CCCCC[C@H](NC(=O)OC6CCCC6)C(=O)N5C4)nc(-c4ccc(-c5ccco5)cc4)nc3c2c1. The van der Waals surface area contributed by atoms with Gasteiger partial charge in [0, 0.05) is 28.9 Å². The van der Waals surface area contributed by atoms with Crippen LogP contribution >= 0.6 is 0 Å². The first kappa shape index (κ1) is 42.7. The minimum Gasteiger partial charge on any atom is -0.470 e. The number of allylic oxidation sites excluding steroid dienone is 1. The largest absolute Gasteiger partial charge is 0.470 e. The topological polar surface area (TPSA) is 212 Å². The fourth-order valence-corrected chi connectivity index (χ4v) is 10.9. The molecule has 4 fully saturated rings. The lowest BCUT2D eigenvalue weighted by Crippen LogP contribution is -2.58. The predicted octanol–water partition coefficient (Wildman–Crippen LogP) is 7.00. The fraction of sp³-hybridized carbons (Fsp3) is 0.458. The van der Waals surface area contributed by atoms with E-state index in [1.165, 1.54) is 4.90 Å². The Kier molecular flexibility index (Phi) is 11.4. The number of benzene rings is 2. The Bertz CT molecular complexity index is 2780. The highest BCUT2D eigenvalue weighted by atomic mass is 32.2. The molecule has 3 saturated carbocycles. The number of hydrogen-bond donors (Lipinski definition) is 3. The van der Waals surface area contributed by atoms with Crippen molar-refractivity contribution < 1.29 is 45.9 Å². The third-order valence-corrected chi connectivity index (χ3v) is 15.2. The van der Waals surface area contributed by atoms with E-state index >= 15 is 0 Å². The van der Waals surface area contributed by atoms with Gasteiger partial charge < -0.3 is 33.8 Å². The number of amides is 4. The van der Waals surface area contributed by atoms with Gasteiger partial charge in [-0.05, 0) is 95.4 Å². The van der Waals surface area contributed by atoms with E-state index in [-0.39, 0.29) is 37.0 Å². The number of aryl methyl sites for hydroxylation is 1. The van der Waals surface area contributed by atoms with Gasteiger partial charge in [0.1, 0.15) is 46.7 Å². The number of sulfonamides is 1. The van der Waals surface area contributed by atoms with Gasteiger partial charge in [-0.3, -0.25) is 19.1 Å². The summed E-state index contributed by atoms with van der Waals surface area (Å²) in [5, 5.41) is 5.86. The van der Waals surface area contributed by atoms with Crippen LogP contribution in [0.2, 0.25) is 0 Å². The second-order valence-corrected chi connectivity index (χ2v) is 20.2. The number of hydrogen-bond acceptors (Lipinski definition) is 12. The van der Waals surface area contributed by atoms with Crippen molar-refractivity contribution in [2.45, 2.75) is 125 Å². The van der Waals surface area contributed by atoms with E-state index in [1.807, 2.05) is 73.7 Å². The van der Waals surface area contributed by atoms with Crippen molar-refractivity contribution in [1.29, 1.82) is 0 Å². The molecule has 10 rings (SSSR count). The van der Waals surface area contributed by atoms with E-state index in [0.717, 1.165) is 55.0 Å². The number of carbonyl (C=O) groups excluding carboxylic acids is 4. The van der Waals surface area contributed by atoms with Gasteiger partial charge in [0.2, 0.25) is 27.4 Å². The molecule has 0 bridgehead atoms. The van der Waals surface area contributed by atoms with Gasteiger partial charge in [0.15, 0.2) is 5.82 Å². The minimum absolute atomic E-state index is 0.0204. The first-order valence-corrected chi connectivity index (χ1v) is 24.3. The maximum absolute atomic E-state index is 14.9. The Morgan fingerprint density at radius 2 is 1.71 bits per heavy atom. The number of fused-ring (bicyclic) bond motifs is 5. The summed E-state index contributed by atoms with van der Waals surface area (Å²) in [6, 6.07) is 14.9. The lowest BCUT2D eigenvalue weighted by Gasteiger charge is -2.30. The monoisotopic (exact) mass is 904 g/mol. The average Bonchev–Trinajstić information content (AvgIpc) is 3.90. The number of carbonyl (C=O) groups is 4. The molecule has 17 heteroatoms. The van der Waals surface area contributed by atoms with Crippen molar-refractivity contribution in [3.8, 4) is 28.6 Å². The van der Waals surface area contributed by atoms with Crippen LogP contribution in [0.1, 0.15) is 89.0 Å². The van der Waals surface area contributed by atoms with Crippen LogP contribution in [-0.2, 0) is 29.1 Å². The molecule has 2 aliphatic heterocycles. The van der Waals surface area contributed by atoms with E-state index in [4.69, 9.17) is 28.3 Å². The number of nitrogens with zero attached hydrogens (tertiary/aromatic N) is 3. The summed E-state index contributed by atoms with van der Waals surface area (Å²) in [6.07, 6.45) is 11.3. The second-order valence-electron chi connectivity index (χ2n) is 18.2. The highest BCUT2D eigenvalue weighted by molar-refractivity contribution is 7.91. The smallest absolute Gasteiger partial charge is 0.408 e. The molecule has 1 saturated heterocycles. The van der Waals surface area contributed by atoms with Crippen LogP contribution in [0.3, 0.4) is 0 Å². The molecule has 5 aliphatic rings. The van der Waals surface area contributed by atoms with Gasteiger partial charge in [-0.25, -0.2) is 18.2 Å². The summed E-state index contributed by atoms with van der Waals surface area (Å²) in [7, 11) is -3.93. The highest BCUT2D eigenvalue weighted by Gasteiger charge is 2.62. The summed E-state index contributed by atoms with van der Waals surface area (Å²) in [4.78, 5) is 68.1. The van der Waals surface area contributed by atoms with Crippen molar-refractivity contribution in [2.24, 2.45) is 5.92 Å². The standard InChI is InChI=1S/C48H52N6O10S/c1-28-15-22-39-35(24-28)40-41(64-39)44(51-42(50-40)30-18-16-29(17-19-30)38-14-9-23-61-38)62-33-25-37-43(55)52-48(46(57)53-65(59,60)34-20-21-34)26-31(48)10-5-3-2-4-6-13-36(45(56)54(37)27-33)49-47(58)63-32-11-7-8-12-32/h5,9-10,14-19,22-24,31-34,36-37H,2-4,6-8,11-13,20-21,25-27H2,1H3,(H,49,58)(H,52,55)(H,53,57)/b10-5-/t31-,33-,36+,37+,48-/m1/s1. The second kappa shape index (κ2) is 17.3. The van der Waals surface area contributed by atoms with Gasteiger partial charge in [0.05, 0.1) is 18.1 Å². The summed E-state index contributed by atoms with van der Waals surface area (Å²) < 4.78 is 52.7. The number of furan rings is 2. The number of aromatic nitrogens is 2. The van der Waals surface area contributed by atoms with Gasteiger partial charge in [-0.1, -0.05) is 60.9 Å². The zero-order valence-electron chi connectivity index (χ0n) is 36.1. The minimum atomic E-state index is -3.93. The maximum atomic E-state index is 14.9. The van der Waals surface area contributed by atoms with Crippen molar-refractivity contribution in [3.63, 3.8) is 0 Å². The summed E-state index contributed by atoms with van der Waals surface area (Å²) in [6.45, 7) is 1.90. The van der Waals surface area contributed by atoms with Crippen LogP contribution in [0.5, 0.6) is 5.88 Å². The molecule has 2 aromatic carbocycles. The third-order valence-electron chi connectivity index (χ3n) is 13.4. The van der Waals surface area contributed by atoms with Gasteiger partial charge in [-0.15, -0.1) is 0 Å². The summed E-state index contributed by atoms with van der Waals surface area (Å²) in [5.74, 6) is -1.23. The summed E-state index contributed by atoms with van der Waals surface area (Å²) in [5.41, 5.74) is 2.40. The van der Waals surface area contributed by atoms with Gasteiger partial charge in [0.25, 0.3) is 11.8 Å². The van der Waals surface area contributed by atoms with E-state index < -0.39 is 68.7 Å². The van der Waals surface area contributed by atoms with Gasteiger partial charge >= 0.3 is 6.09 Å². The normalized spacial score (nSPS) is 25.8. The van der Waals surface area contributed by atoms with Crippen molar-refractivity contribution >= 4 is 55.9 Å². The molecule has 5 atom stereocenters. The number of rotatable bonds is 9.